The minimum Gasteiger partial charge on any atom is -0.299 e. The number of sulfonamides is 1. The highest BCUT2D eigenvalue weighted by molar-refractivity contribution is 7.92. The maximum absolute atomic E-state index is 13.1. The van der Waals surface area contributed by atoms with Crippen LogP contribution in [0.2, 0.25) is 0 Å². The summed E-state index contributed by atoms with van der Waals surface area (Å²) >= 11 is 0. The van der Waals surface area contributed by atoms with Crippen molar-refractivity contribution in [3.63, 3.8) is 0 Å². The van der Waals surface area contributed by atoms with E-state index in [2.05, 4.69) is 9.62 Å². The lowest BCUT2D eigenvalue weighted by molar-refractivity contribution is 0.233. The molecule has 0 amide bonds. The number of nitrogens with one attached hydrogen (secondary N) is 1. The van der Waals surface area contributed by atoms with Crippen LogP contribution in [-0.2, 0) is 23.0 Å². The van der Waals surface area contributed by atoms with Crippen LogP contribution in [-0.4, -0.2) is 26.4 Å². The molecule has 162 valence electrons. The van der Waals surface area contributed by atoms with Gasteiger partial charge in [0.15, 0.2) is 0 Å². The lowest BCUT2D eigenvalue weighted by atomic mass is 9.86. The maximum atomic E-state index is 13.1. The van der Waals surface area contributed by atoms with Crippen LogP contribution >= 0.6 is 0 Å². The van der Waals surface area contributed by atoms with Gasteiger partial charge >= 0.3 is 0 Å². The molecule has 1 heterocycles. The topological polar surface area (TPSA) is 49.4 Å². The molecule has 2 aliphatic rings. The summed E-state index contributed by atoms with van der Waals surface area (Å²) < 4.78 is 41.0. The SMILES string of the molecule is O=S(=O)(Nc1ccc(F)cc1)c1ccc2c(c1)CCN(CCCC1CCCCC1)C2. The number of benzene rings is 2. The highest BCUT2D eigenvalue weighted by atomic mass is 32.2. The average Bonchev–Trinajstić information content (AvgIpc) is 2.75. The Kier molecular flexibility index (Phi) is 6.74. The smallest absolute Gasteiger partial charge is 0.261 e. The van der Waals surface area contributed by atoms with Gasteiger partial charge in [0, 0.05) is 18.8 Å². The van der Waals surface area contributed by atoms with Crippen LogP contribution in [0.25, 0.3) is 0 Å². The van der Waals surface area contributed by atoms with E-state index in [1.807, 2.05) is 6.07 Å². The van der Waals surface area contributed by atoms with Gasteiger partial charge in [0.1, 0.15) is 5.82 Å². The van der Waals surface area contributed by atoms with E-state index in [4.69, 9.17) is 0 Å². The van der Waals surface area contributed by atoms with E-state index < -0.39 is 15.8 Å². The Morgan fingerprint density at radius 3 is 2.53 bits per heavy atom. The number of rotatable bonds is 7. The summed E-state index contributed by atoms with van der Waals surface area (Å²) in [4.78, 5) is 2.76. The molecule has 2 aromatic rings. The molecular formula is C24H31FN2O2S. The minimum atomic E-state index is -3.69. The lowest BCUT2D eigenvalue weighted by Crippen LogP contribution is -2.31. The summed E-state index contributed by atoms with van der Waals surface area (Å²) in [6.07, 6.45) is 10.5. The van der Waals surface area contributed by atoms with Crippen LogP contribution in [0.4, 0.5) is 10.1 Å². The number of halogens is 1. The molecule has 0 bridgehead atoms. The lowest BCUT2D eigenvalue weighted by Gasteiger charge is -2.30. The summed E-state index contributed by atoms with van der Waals surface area (Å²) in [5, 5.41) is 0. The quantitative estimate of drug-likeness (QED) is 0.645. The normalized spacial score (nSPS) is 18.2. The van der Waals surface area contributed by atoms with Crippen molar-refractivity contribution < 1.29 is 12.8 Å². The Morgan fingerprint density at radius 2 is 1.77 bits per heavy atom. The molecule has 0 saturated heterocycles. The molecule has 1 aliphatic heterocycles. The van der Waals surface area contributed by atoms with E-state index in [1.165, 1.54) is 74.8 Å². The number of hydrogen-bond acceptors (Lipinski definition) is 3. The first-order valence-electron chi connectivity index (χ1n) is 11.1. The van der Waals surface area contributed by atoms with E-state index in [9.17, 15) is 12.8 Å². The summed E-state index contributed by atoms with van der Waals surface area (Å²) in [5.74, 6) is 0.534. The highest BCUT2D eigenvalue weighted by Crippen LogP contribution is 2.28. The zero-order valence-corrected chi connectivity index (χ0v) is 18.3. The Bertz CT molecular complexity index is 954. The van der Waals surface area contributed by atoms with Crippen molar-refractivity contribution in [3.8, 4) is 0 Å². The monoisotopic (exact) mass is 430 g/mol. The average molecular weight is 431 g/mol. The molecule has 0 spiro atoms. The highest BCUT2D eigenvalue weighted by Gasteiger charge is 2.21. The molecule has 4 rings (SSSR count). The van der Waals surface area contributed by atoms with E-state index in [0.29, 0.717) is 5.69 Å². The van der Waals surface area contributed by atoms with E-state index in [-0.39, 0.29) is 4.90 Å². The van der Waals surface area contributed by atoms with Crippen LogP contribution in [0, 0.1) is 11.7 Å². The number of anilines is 1. The Labute approximate surface area is 179 Å². The third-order valence-electron chi connectivity index (χ3n) is 6.49. The van der Waals surface area contributed by atoms with Gasteiger partial charge in [-0.15, -0.1) is 0 Å². The number of hydrogen-bond donors (Lipinski definition) is 1. The molecule has 2 aromatic carbocycles. The fourth-order valence-corrected chi connectivity index (χ4v) is 5.87. The van der Waals surface area contributed by atoms with Gasteiger partial charge in [-0.1, -0.05) is 38.2 Å². The van der Waals surface area contributed by atoms with Crippen LogP contribution in [0.15, 0.2) is 47.4 Å². The van der Waals surface area contributed by atoms with Crippen molar-refractivity contribution in [1.29, 1.82) is 0 Å². The zero-order chi connectivity index (χ0) is 21.0. The van der Waals surface area contributed by atoms with Crippen LogP contribution in [0.1, 0.15) is 56.1 Å². The number of nitrogens with zero attached hydrogens (tertiary/aromatic N) is 1. The van der Waals surface area contributed by atoms with Crippen molar-refractivity contribution in [2.75, 3.05) is 17.8 Å². The summed E-state index contributed by atoms with van der Waals surface area (Å²) in [5.41, 5.74) is 2.69. The second-order valence-corrected chi connectivity index (χ2v) is 10.4. The predicted molar refractivity (Wildman–Crippen MR) is 118 cm³/mol. The van der Waals surface area contributed by atoms with E-state index >= 15 is 0 Å². The molecule has 1 N–H and O–H groups in total. The molecule has 4 nitrogen and oxygen atoms in total. The second-order valence-electron chi connectivity index (χ2n) is 8.72. The third kappa shape index (κ3) is 5.41. The summed E-state index contributed by atoms with van der Waals surface area (Å²) in [6.45, 7) is 3.00. The molecule has 30 heavy (non-hydrogen) atoms. The van der Waals surface area contributed by atoms with E-state index in [0.717, 1.165) is 37.5 Å². The van der Waals surface area contributed by atoms with Gasteiger partial charge in [0.25, 0.3) is 10.0 Å². The Hall–Kier alpha value is -1.92. The van der Waals surface area contributed by atoms with Gasteiger partial charge in [-0.05, 0) is 79.3 Å². The van der Waals surface area contributed by atoms with Gasteiger partial charge in [0.2, 0.25) is 0 Å². The summed E-state index contributed by atoms with van der Waals surface area (Å²) in [6, 6.07) is 10.8. The molecule has 0 radical (unpaired) electrons. The summed E-state index contributed by atoms with van der Waals surface area (Å²) in [7, 11) is -3.69. The molecule has 1 aliphatic carbocycles. The van der Waals surface area contributed by atoms with Crippen molar-refractivity contribution in [2.45, 2.75) is 62.8 Å². The first kappa shape index (κ1) is 21.3. The van der Waals surface area contributed by atoms with Crippen molar-refractivity contribution in [3.05, 3.63) is 59.4 Å². The van der Waals surface area contributed by atoms with Crippen LogP contribution in [0.5, 0.6) is 0 Å². The molecular weight excluding hydrogens is 399 g/mol. The van der Waals surface area contributed by atoms with Crippen LogP contribution in [0.3, 0.4) is 0 Å². The van der Waals surface area contributed by atoms with Gasteiger partial charge in [-0.3, -0.25) is 9.62 Å². The second kappa shape index (κ2) is 9.48. The van der Waals surface area contributed by atoms with Gasteiger partial charge in [0.05, 0.1) is 4.90 Å². The standard InChI is InChI=1S/C24H31FN2O2S/c25-22-9-11-23(12-10-22)26-30(28,29)24-13-8-21-18-27(16-14-20(21)17-24)15-4-7-19-5-2-1-3-6-19/h8-13,17,19,26H,1-7,14-16,18H2. The van der Waals surface area contributed by atoms with Gasteiger partial charge < -0.3 is 0 Å². The minimum absolute atomic E-state index is 0.260. The molecule has 0 unspecified atom stereocenters. The van der Waals surface area contributed by atoms with Crippen LogP contribution < -0.4 is 4.72 Å². The van der Waals surface area contributed by atoms with Gasteiger partial charge in [-0.2, -0.15) is 0 Å². The Morgan fingerprint density at radius 1 is 1.00 bits per heavy atom. The first-order chi connectivity index (χ1) is 14.5. The van der Waals surface area contributed by atoms with Crippen molar-refractivity contribution in [1.82, 2.24) is 4.90 Å². The maximum Gasteiger partial charge on any atom is 0.261 e. The number of fused-ring (bicyclic) bond motifs is 1. The molecule has 0 atom stereocenters. The fraction of sp³-hybridized carbons (Fsp3) is 0.500. The molecule has 1 saturated carbocycles. The van der Waals surface area contributed by atoms with E-state index in [1.54, 1.807) is 12.1 Å². The van der Waals surface area contributed by atoms with Gasteiger partial charge in [-0.25, -0.2) is 12.8 Å². The van der Waals surface area contributed by atoms with Crippen molar-refractivity contribution >= 4 is 15.7 Å². The van der Waals surface area contributed by atoms with Crippen molar-refractivity contribution in [2.24, 2.45) is 5.92 Å². The largest absolute Gasteiger partial charge is 0.299 e. The molecule has 0 aromatic heterocycles. The third-order valence-corrected chi connectivity index (χ3v) is 7.87. The predicted octanol–water partition coefficient (Wildman–Crippen LogP) is 5.35. The Balaban J connectivity index is 1.34. The first-order valence-corrected chi connectivity index (χ1v) is 12.6. The molecule has 1 fully saturated rings. The zero-order valence-electron chi connectivity index (χ0n) is 17.4. The fourth-order valence-electron chi connectivity index (χ4n) is 4.76. The molecule has 6 heteroatoms.